The van der Waals surface area contributed by atoms with Crippen LogP contribution in [0.4, 0.5) is 5.69 Å². The predicted molar refractivity (Wildman–Crippen MR) is 84.7 cm³/mol. The van der Waals surface area contributed by atoms with Crippen molar-refractivity contribution in [1.82, 2.24) is 0 Å². The van der Waals surface area contributed by atoms with Gasteiger partial charge in [0, 0.05) is 17.1 Å². The average Bonchev–Trinajstić information content (AvgIpc) is 3.28. The fourth-order valence-electron chi connectivity index (χ4n) is 2.35. The van der Waals surface area contributed by atoms with Crippen LogP contribution in [0.2, 0.25) is 0 Å². The summed E-state index contributed by atoms with van der Waals surface area (Å²) in [6.45, 7) is 7.98. The zero-order chi connectivity index (χ0) is 15.7. The van der Waals surface area contributed by atoms with Crippen molar-refractivity contribution in [3.63, 3.8) is 0 Å². The summed E-state index contributed by atoms with van der Waals surface area (Å²) < 4.78 is 0. The van der Waals surface area contributed by atoms with Gasteiger partial charge in [0.2, 0.25) is 0 Å². The summed E-state index contributed by atoms with van der Waals surface area (Å²) >= 11 is 0. The van der Waals surface area contributed by atoms with Crippen molar-refractivity contribution in [2.75, 3.05) is 5.32 Å². The number of anilines is 1. The van der Waals surface area contributed by atoms with Crippen LogP contribution >= 0.6 is 0 Å². The molecule has 0 bridgehead atoms. The Morgan fingerprint density at radius 3 is 2.38 bits per heavy atom. The van der Waals surface area contributed by atoms with E-state index in [1.165, 1.54) is 0 Å². The molecule has 1 aromatic rings. The molecule has 0 amide bonds. The van der Waals surface area contributed by atoms with Crippen LogP contribution in [0.1, 0.15) is 46.1 Å². The molecule has 4 nitrogen and oxygen atoms in total. The molecule has 2 rings (SSSR count). The molecule has 1 aliphatic carbocycles. The highest BCUT2D eigenvalue weighted by atomic mass is 16.4. The molecule has 21 heavy (non-hydrogen) atoms. The zero-order valence-corrected chi connectivity index (χ0v) is 13.1. The molecule has 4 heteroatoms. The lowest BCUT2D eigenvalue weighted by Crippen LogP contribution is -2.39. The van der Waals surface area contributed by atoms with Crippen LogP contribution in [0.25, 0.3) is 0 Å². The number of nitrogens with zero attached hydrogens (tertiary/aromatic N) is 2. The fourth-order valence-corrected chi connectivity index (χ4v) is 2.35. The predicted octanol–water partition coefficient (Wildman–Crippen LogP) is 3.92. The van der Waals surface area contributed by atoms with E-state index < -0.39 is 0 Å². The smallest absolute Gasteiger partial charge is 0.0823 e. The number of rotatable bonds is 5. The number of nitrogens with one attached hydrogen (secondary N) is 1. The van der Waals surface area contributed by atoms with Gasteiger partial charge in [-0.2, -0.15) is 5.26 Å². The molecule has 1 fully saturated rings. The third-order valence-electron chi connectivity index (χ3n) is 4.95. The topological polar surface area (TPSA) is 68.4 Å². The summed E-state index contributed by atoms with van der Waals surface area (Å²) in [5, 5.41) is 25.0. The van der Waals surface area contributed by atoms with Gasteiger partial charge in [0.05, 0.1) is 17.2 Å². The number of oxime groups is 1. The Labute approximate surface area is 126 Å². The van der Waals surface area contributed by atoms with Crippen LogP contribution in [0.3, 0.4) is 0 Å². The summed E-state index contributed by atoms with van der Waals surface area (Å²) in [6.07, 6.45) is 1.93. The Morgan fingerprint density at radius 1 is 1.38 bits per heavy atom. The Balaban J connectivity index is 2.09. The number of nitriles is 1. The molecular weight excluding hydrogens is 262 g/mol. The van der Waals surface area contributed by atoms with E-state index >= 15 is 0 Å². The van der Waals surface area contributed by atoms with Crippen molar-refractivity contribution in [3.05, 3.63) is 29.8 Å². The zero-order valence-electron chi connectivity index (χ0n) is 13.1. The maximum Gasteiger partial charge on any atom is 0.0823 e. The van der Waals surface area contributed by atoms with Gasteiger partial charge in [0.1, 0.15) is 0 Å². The lowest BCUT2D eigenvalue weighted by Gasteiger charge is -2.32. The molecule has 1 atom stereocenters. The van der Waals surface area contributed by atoms with Gasteiger partial charge in [0.25, 0.3) is 0 Å². The van der Waals surface area contributed by atoms with Crippen LogP contribution in [-0.2, 0) is 5.41 Å². The third kappa shape index (κ3) is 2.87. The largest absolute Gasteiger partial charge is 0.411 e. The second-order valence-corrected chi connectivity index (χ2v) is 6.54. The number of hydrogen-bond acceptors (Lipinski definition) is 4. The van der Waals surface area contributed by atoms with Crippen molar-refractivity contribution in [2.24, 2.45) is 10.6 Å². The van der Waals surface area contributed by atoms with Crippen molar-refractivity contribution in [3.8, 4) is 6.07 Å². The van der Waals surface area contributed by atoms with Crippen molar-refractivity contribution in [1.29, 1.82) is 5.26 Å². The molecule has 112 valence electrons. The van der Waals surface area contributed by atoms with E-state index in [0.29, 0.717) is 5.71 Å². The van der Waals surface area contributed by atoms with Gasteiger partial charge in [0.15, 0.2) is 0 Å². The summed E-state index contributed by atoms with van der Waals surface area (Å²) in [7, 11) is 0. The van der Waals surface area contributed by atoms with E-state index in [1.54, 1.807) is 0 Å². The molecule has 0 heterocycles. The van der Waals surface area contributed by atoms with Crippen LogP contribution in [0.5, 0.6) is 0 Å². The van der Waals surface area contributed by atoms with Gasteiger partial charge in [-0.1, -0.05) is 31.1 Å². The monoisotopic (exact) mass is 285 g/mol. The molecule has 0 spiro atoms. The molecular formula is C17H23N3O. The molecule has 0 aromatic heterocycles. The Bertz CT molecular complexity index is 577. The van der Waals surface area contributed by atoms with E-state index in [2.05, 4.69) is 23.5 Å². The second kappa shape index (κ2) is 5.40. The molecule has 1 saturated carbocycles. The molecule has 0 radical (unpaired) electrons. The highest BCUT2D eigenvalue weighted by molar-refractivity contribution is 5.87. The minimum atomic E-state index is -0.252. The summed E-state index contributed by atoms with van der Waals surface area (Å²) in [6, 6.07) is 10.6. The normalized spacial score (nSPS) is 18.7. The van der Waals surface area contributed by atoms with Crippen LogP contribution in [-0.4, -0.2) is 17.0 Å². The van der Waals surface area contributed by atoms with Gasteiger partial charge in [-0.15, -0.1) is 0 Å². The molecule has 0 unspecified atom stereocenters. The number of hydrogen-bond donors (Lipinski definition) is 2. The Morgan fingerprint density at radius 2 is 1.95 bits per heavy atom. The maximum atomic E-state index is 9.22. The van der Waals surface area contributed by atoms with E-state index in [4.69, 9.17) is 5.21 Å². The molecule has 0 saturated heterocycles. The standard InChI is InChI=1S/C17H23N3O/c1-12(16(3,4)13(2)20-21)19-15-7-5-14(6-8-15)17(11-18)9-10-17/h5-8,12,19,21H,9-10H2,1-4H3/b20-13-/t12-/m1/s1. The first kappa shape index (κ1) is 15.4. The minimum Gasteiger partial charge on any atom is -0.411 e. The lowest BCUT2D eigenvalue weighted by atomic mass is 9.81. The van der Waals surface area contributed by atoms with Crippen LogP contribution in [0, 0.1) is 16.7 Å². The highest BCUT2D eigenvalue weighted by Crippen LogP contribution is 2.47. The molecule has 0 aliphatic heterocycles. The van der Waals surface area contributed by atoms with E-state index in [1.807, 2.05) is 45.0 Å². The van der Waals surface area contributed by atoms with E-state index in [0.717, 1.165) is 24.1 Å². The van der Waals surface area contributed by atoms with Gasteiger partial charge >= 0.3 is 0 Å². The number of benzene rings is 1. The van der Waals surface area contributed by atoms with Crippen molar-refractivity contribution in [2.45, 2.75) is 52.0 Å². The van der Waals surface area contributed by atoms with Crippen LogP contribution < -0.4 is 5.32 Å². The van der Waals surface area contributed by atoms with E-state index in [9.17, 15) is 5.26 Å². The van der Waals surface area contributed by atoms with Crippen molar-refractivity contribution >= 4 is 11.4 Å². The summed E-state index contributed by atoms with van der Waals surface area (Å²) in [5.74, 6) is 0. The first-order valence-corrected chi connectivity index (χ1v) is 7.33. The average molecular weight is 285 g/mol. The third-order valence-corrected chi connectivity index (χ3v) is 4.95. The fraction of sp³-hybridized carbons (Fsp3) is 0.529. The quantitative estimate of drug-likeness (QED) is 0.489. The maximum absolute atomic E-state index is 9.22. The van der Waals surface area contributed by atoms with Gasteiger partial charge in [-0.3, -0.25) is 0 Å². The van der Waals surface area contributed by atoms with Gasteiger partial charge in [-0.25, -0.2) is 0 Å². The van der Waals surface area contributed by atoms with Crippen LogP contribution in [0.15, 0.2) is 29.4 Å². The lowest BCUT2D eigenvalue weighted by molar-refractivity contribution is 0.305. The molecule has 2 N–H and O–H groups in total. The van der Waals surface area contributed by atoms with E-state index in [-0.39, 0.29) is 16.9 Å². The van der Waals surface area contributed by atoms with Gasteiger partial charge in [-0.05, 0) is 44.4 Å². The minimum absolute atomic E-state index is 0.116. The SMILES string of the molecule is C/C(=N/O)C(C)(C)[C@@H](C)Nc1ccc(C2(C#N)CC2)cc1. The van der Waals surface area contributed by atoms with Crippen molar-refractivity contribution < 1.29 is 5.21 Å². The Hall–Kier alpha value is -2.02. The summed E-state index contributed by atoms with van der Waals surface area (Å²) in [5.41, 5.74) is 2.33. The highest BCUT2D eigenvalue weighted by Gasteiger charge is 2.44. The second-order valence-electron chi connectivity index (χ2n) is 6.54. The first-order valence-electron chi connectivity index (χ1n) is 7.33. The van der Waals surface area contributed by atoms with Gasteiger partial charge < -0.3 is 10.5 Å². The molecule has 1 aromatic carbocycles. The molecule has 1 aliphatic rings. The first-order chi connectivity index (χ1) is 9.85. The summed E-state index contributed by atoms with van der Waals surface area (Å²) in [4.78, 5) is 0. The Kier molecular flexibility index (Phi) is 3.95.